The van der Waals surface area contributed by atoms with Gasteiger partial charge in [-0.2, -0.15) is 0 Å². The molecule has 0 saturated heterocycles. The molecule has 0 radical (unpaired) electrons. The molecule has 0 fully saturated rings. The number of hydrogen-bond donors (Lipinski definition) is 0. The molecule has 6 heteroatoms. The lowest BCUT2D eigenvalue weighted by molar-refractivity contribution is 0.995. The third-order valence-electron chi connectivity index (χ3n) is 4.56. The van der Waals surface area contributed by atoms with E-state index in [1.165, 1.54) is 21.1 Å². The van der Waals surface area contributed by atoms with Crippen LogP contribution in [-0.4, -0.2) is 9.13 Å². The number of aromatic nitrogens is 2. The topological polar surface area (TPSA) is 9.86 Å². The maximum Gasteiger partial charge on any atom is 0.166 e. The highest BCUT2D eigenvalue weighted by molar-refractivity contribution is 7.73. The van der Waals surface area contributed by atoms with E-state index in [4.69, 9.17) is 24.4 Å². The summed E-state index contributed by atoms with van der Waals surface area (Å²) in [7, 11) is 0. The summed E-state index contributed by atoms with van der Waals surface area (Å²) in [6.07, 6.45) is 0. The van der Waals surface area contributed by atoms with Crippen molar-refractivity contribution in [3.8, 4) is 11.4 Å². The zero-order valence-electron chi connectivity index (χ0n) is 16.3. The Morgan fingerprint density at radius 2 is 0.893 bits per heavy atom. The molecule has 0 bridgehead atoms. The zero-order chi connectivity index (χ0) is 20.3. The van der Waals surface area contributed by atoms with E-state index in [1.807, 2.05) is 36.4 Å². The predicted octanol–water partition coefficient (Wildman–Crippen LogP) is 7.77. The van der Waals surface area contributed by atoms with Crippen molar-refractivity contribution >= 4 is 47.1 Å². The van der Waals surface area contributed by atoms with Gasteiger partial charge in [0.2, 0.25) is 0 Å². The summed E-state index contributed by atoms with van der Waals surface area (Å²) >= 11 is 14.0. The molecular weight excluding hydrogens is 421 g/mol. The molecule has 0 aliphatic heterocycles. The SMILES string of the molecule is Cc1sc(=S)n(-c2ccccc2)c1C.Cc1sc(=S)n(-c2ccccc2)c1C. The van der Waals surface area contributed by atoms with Crippen molar-refractivity contribution in [1.82, 2.24) is 9.13 Å². The van der Waals surface area contributed by atoms with Crippen LogP contribution in [0.2, 0.25) is 0 Å². The molecule has 0 unspecified atom stereocenters. The van der Waals surface area contributed by atoms with Gasteiger partial charge in [-0.15, -0.1) is 22.7 Å². The lowest BCUT2D eigenvalue weighted by Crippen LogP contribution is -1.95. The van der Waals surface area contributed by atoms with Gasteiger partial charge in [-0.3, -0.25) is 9.13 Å². The van der Waals surface area contributed by atoms with Crippen LogP contribution in [0.15, 0.2) is 60.7 Å². The summed E-state index contributed by atoms with van der Waals surface area (Å²) in [5, 5.41) is 0. The van der Waals surface area contributed by atoms with E-state index in [9.17, 15) is 0 Å². The average Bonchev–Trinajstić information content (AvgIpc) is 3.10. The van der Waals surface area contributed by atoms with Crippen LogP contribution in [0.1, 0.15) is 21.1 Å². The Morgan fingerprint density at radius 1 is 0.571 bits per heavy atom. The summed E-state index contributed by atoms with van der Waals surface area (Å²) in [6, 6.07) is 20.5. The first-order valence-electron chi connectivity index (χ1n) is 8.89. The predicted molar refractivity (Wildman–Crippen MR) is 128 cm³/mol. The van der Waals surface area contributed by atoms with Crippen LogP contribution < -0.4 is 0 Å². The second-order valence-corrected chi connectivity index (χ2v) is 10.1. The standard InChI is InChI=1S/2C11H11NS2/c2*1-8-9(2)14-11(13)12(8)10-6-4-3-5-7-10/h2*3-7H,1-2H3. The van der Waals surface area contributed by atoms with E-state index in [0.717, 1.165) is 19.3 Å². The van der Waals surface area contributed by atoms with Crippen molar-refractivity contribution in [2.24, 2.45) is 0 Å². The van der Waals surface area contributed by atoms with E-state index >= 15 is 0 Å². The Bertz CT molecular complexity index is 1080. The van der Waals surface area contributed by atoms with E-state index in [2.05, 4.69) is 61.1 Å². The highest BCUT2D eigenvalue weighted by Crippen LogP contribution is 2.22. The van der Waals surface area contributed by atoms with Crippen LogP contribution in [0.4, 0.5) is 0 Å². The molecule has 4 aromatic rings. The smallest absolute Gasteiger partial charge is 0.166 e. The van der Waals surface area contributed by atoms with Crippen molar-refractivity contribution < 1.29 is 0 Å². The Labute approximate surface area is 184 Å². The fourth-order valence-electron chi connectivity index (χ4n) is 2.84. The zero-order valence-corrected chi connectivity index (χ0v) is 19.6. The van der Waals surface area contributed by atoms with Gasteiger partial charge in [-0.05, 0) is 76.4 Å². The second-order valence-electron chi connectivity index (χ2n) is 6.36. The molecule has 0 spiro atoms. The molecule has 0 atom stereocenters. The first-order valence-corrected chi connectivity index (χ1v) is 11.3. The molecule has 0 saturated carbocycles. The van der Waals surface area contributed by atoms with Gasteiger partial charge in [0, 0.05) is 32.5 Å². The molecule has 2 heterocycles. The van der Waals surface area contributed by atoms with E-state index in [1.54, 1.807) is 22.7 Å². The van der Waals surface area contributed by atoms with Crippen LogP contribution in [0.5, 0.6) is 0 Å². The Balaban J connectivity index is 0.000000161. The highest BCUT2D eigenvalue weighted by atomic mass is 32.2. The lowest BCUT2D eigenvalue weighted by Gasteiger charge is -2.04. The number of para-hydroxylation sites is 2. The van der Waals surface area contributed by atoms with Gasteiger partial charge >= 0.3 is 0 Å². The van der Waals surface area contributed by atoms with Crippen molar-refractivity contribution in [3.63, 3.8) is 0 Å². The molecule has 0 N–H and O–H groups in total. The fraction of sp³-hybridized carbons (Fsp3) is 0.182. The minimum absolute atomic E-state index is 0.922. The van der Waals surface area contributed by atoms with Gasteiger partial charge in [-0.25, -0.2) is 0 Å². The largest absolute Gasteiger partial charge is 0.296 e. The maximum atomic E-state index is 5.32. The summed E-state index contributed by atoms with van der Waals surface area (Å²) in [4.78, 5) is 2.58. The quantitative estimate of drug-likeness (QED) is 0.293. The molecule has 2 aromatic heterocycles. The Morgan fingerprint density at radius 3 is 1.14 bits per heavy atom. The molecule has 2 aromatic carbocycles. The minimum atomic E-state index is 0.922. The van der Waals surface area contributed by atoms with Gasteiger partial charge in [0.15, 0.2) is 7.91 Å². The van der Waals surface area contributed by atoms with E-state index in [-0.39, 0.29) is 0 Å². The molecule has 0 aliphatic rings. The van der Waals surface area contributed by atoms with Gasteiger partial charge in [0.25, 0.3) is 0 Å². The molecule has 2 nitrogen and oxygen atoms in total. The normalized spacial score (nSPS) is 10.4. The monoisotopic (exact) mass is 442 g/mol. The number of aryl methyl sites for hydroxylation is 2. The molecule has 144 valence electrons. The molecule has 0 amide bonds. The fourth-order valence-corrected chi connectivity index (χ4v) is 5.75. The van der Waals surface area contributed by atoms with Crippen LogP contribution in [0.25, 0.3) is 11.4 Å². The summed E-state index contributed by atoms with van der Waals surface area (Å²) in [5.41, 5.74) is 4.79. The van der Waals surface area contributed by atoms with Gasteiger partial charge in [0.05, 0.1) is 0 Å². The first kappa shape index (κ1) is 20.9. The van der Waals surface area contributed by atoms with E-state index in [0.29, 0.717) is 0 Å². The van der Waals surface area contributed by atoms with Crippen LogP contribution in [0.3, 0.4) is 0 Å². The lowest BCUT2D eigenvalue weighted by atomic mass is 10.3. The van der Waals surface area contributed by atoms with E-state index < -0.39 is 0 Å². The molecule has 4 rings (SSSR count). The van der Waals surface area contributed by atoms with Gasteiger partial charge in [-0.1, -0.05) is 36.4 Å². The third kappa shape index (κ3) is 4.41. The number of hydrogen-bond acceptors (Lipinski definition) is 4. The molecular formula is C22H22N2S4. The third-order valence-corrected chi connectivity index (χ3v) is 7.35. The van der Waals surface area contributed by atoms with Crippen molar-refractivity contribution in [2.45, 2.75) is 27.7 Å². The highest BCUT2D eigenvalue weighted by Gasteiger charge is 2.06. The minimum Gasteiger partial charge on any atom is -0.296 e. The van der Waals surface area contributed by atoms with Crippen molar-refractivity contribution in [1.29, 1.82) is 0 Å². The van der Waals surface area contributed by atoms with Crippen LogP contribution >= 0.6 is 47.1 Å². The average molecular weight is 443 g/mol. The molecule has 28 heavy (non-hydrogen) atoms. The number of rotatable bonds is 2. The first-order chi connectivity index (χ1) is 13.4. The van der Waals surface area contributed by atoms with Gasteiger partial charge < -0.3 is 0 Å². The Hall–Kier alpha value is -1.86. The molecule has 0 aliphatic carbocycles. The summed E-state index contributed by atoms with van der Waals surface area (Å²) in [6.45, 7) is 8.42. The number of thiazole rings is 2. The van der Waals surface area contributed by atoms with Crippen molar-refractivity contribution in [2.75, 3.05) is 0 Å². The van der Waals surface area contributed by atoms with Crippen LogP contribution in [-0.2, 0) is 0 Å². The van der Waals surface area contributed by atoms with Crippen molar-refractivity contribution in [3.05, 3.63) is 89.7 Å². The number of benzene rings is 2. The summed E-state index contributed by atoms with van der Waals surface area (Å²) < 4.78 is 6.09. The summed E-state index contributed by atoms with van der Waals surface area (Å²) in [5.74, 6) is 0. The Kier molecular flexibility index (Phi) is 6.78. The second kappa shape index (κ2) is 9.09. The van der Waals surface area contributed by atoms with Crippen LogP contribution in [0, 0.1) is 35.6 Å². The maximum absolute atomic E-state index is 5.32. The van der Waals surface area contributed by atoms with Gasteiger partial charge in [0.1, 0.15) is 0 Å². The number of nitrogens with zero attached hydrogens (tertiary/aromatic N) is 2.